The van der Waals surface area contributed by atoms with Crippen LogP contribution in [0.5, 0.6) is 5.75 Å². The van der Waals surface area contributed by atoms with Gasteiger partial charge in [0, 0.05) is 11.8 Å². The van der Waals surface area contributed by atoms with Crippen molar-refractivity contribution in [3.63, 3.8) is 0 Å². The highest BCUT2D eigenvalue weighted by atomic mass is 79.9. The molecule has 2 heterocycles. The van der Waals surface area contributed by atoms with E-state index in [1.54, 1.807) is 13.3 Å². The van der Waals surface area contributed by atoms with Gasteiger partial charge in [-0.2, -0.15) is 15.1 Å². The van der Waals surface area contributed by atoms with E-state index in [1.165, 1.54) is 0 Å². The summed E-state index contributed by atoms with van der Waals surface area (Å²) in [7, 11) is 1.61. The van der Waals surface area contributed by atoms with E-state index in [9.17, 15) is 0 Å². The van der Waals surface area contributed by atoms with Crippen LogP contribution in [0.15, 0.2) is 28.9 Å². The average molecular weight is 335 g/mol. The van der Waals surface area contributed by atoms with E-state index in [-0.39, 0.29) is 5.95 Å². The summed E-state index contributed by atoms with van der Waals surface area (Å²) in [5, 5.41) is 10.7. The molecule has 0 spiro atoms. The molecule has 0 aliphatic rings. The molecular formula is C12H11BrN6O. The van der Waals surface area contributed by atoms with Crippen LogP contribution in [0.2, 0.25) is 0 Å². The minimum atomic E-state index is 0.174. The molecule has 0 radical (unpaired) electrons. The normalized spacial score (nSPS) is 10.7. The highest BCUT2D eigenvalue weighted by Crippen LogP contribution is 2.30. The monoisotopic (exact) mass is 334 g/mol. The Balaban J connectivity index is 2.02. The number of benzene rings is 1. The van der Waals surface area contributed by atoms with E-state index in [2.05, 4.69) is 41.4 Å². The number of aromatic amines is 1. The van der Waals surface area contributed by atoms with E-state index in [4.69, 9.17) is 10.5 Å². The van der Waals surface area contributed by atoms with Gasteiger partial charge in [-0.25, -0.2) is 0 Å². The second-order valence-electron chi connectivity index (χ2n) is 4.04. The lowest BCUT2D eigenvalue weighted by molar-refractivity contribution is 0.412. The van der Waals surface area contributed by atoms with Gasteiger partial charge < -0.3 is 15.8 Å². The minimum absolute atomic E-state index is 0.174. The fourth-order valence-electron chi connectivity index (χ4n) is 1.82. The van der Waals surface area contributed by atoms with Crippen LogP contribution >= 0.6 is 15.9 Å². The number of rotatable bonds is 3. The second kappa shape index (κ2) is 4.97. The topological polar surface area (TPSA) is 102 Å². The van der Waals surface area contributed by atoms with Gasteiger partial charge >= 0.3 is 0 Å². The molecule has 0 aliphatic carbocycles. The Hall–Kier alpha value is -2.35. The van der Waals surface area contributed by atoms with E-state index in [1.807, 2.05) is 18.2 Å². The number of hydrogen-bond acceptors (Lipinski definition) is 6. The largest absolute Gasteiger partial charge is 0.495 e. The summed E-state index contributed by atoms with van der Waals surface area (Å²) in [6.45, 7) is 0. The number of nitrogens with zero attached hydrogens (tertiary/aromatic N) is 3. The molecule has 0 bridgehead atoms. The second-order valence-corrected chi connectivity index (χ2v) is 4.89. The maximum absolute atomic E-state index is 5.68. The maximum Gasteiger partial charge on any atom is 0.224 e. The van der Waals surface area contributed by atoms with E-state index in [0.717, 1.165) is 21.3 Å². The lowest BCUT2D eigenvalue weighted by atomic mass is 10.3. The molecule has 20 heavy (non-hydrogen) atoms. The van der Waals surface area contributed by atoms with E-state index >= 15 is 0 Å². The van der Waals surface area contributed by atoms with Gasteiger partial charge in [0.25, 0.3) is 0 Å². The molecule has 0 aliphatic heterocycles. The molecule has 8 heteroatoms. The predicted molar refractivity (Wildman–Crippen MR) is 80.1 cm³/mol. The number of methoxy groups -OCH3 is 1. The van der Waals surface area contributed by atoms with Crippen LogP contribution in [0.3, 0.4) is 0 Å². The SMILES string of the molecule is COc1cc(Nc2nc(N)nc3[nH]ncc23)ccc1Br. The zero-order chi connectivity index (χ0) is 14.1. The van der Waals surface area contributed by atoms with Gasteiger partial charge in [-0.1, -0.05) is 0 Å². The predicted octanol–water partition coefficient (Wildman–Crippen LogP) is 2.45. The molecule has 0 saturated carbocycles. The van der Waals surface area contributed by atoms with Gasteiger partial charge in [-0.05, 0) is 28.1 Å². The van der Waals surface area contributed by atoms with Crippen LogP contribution in [0, 0.1) is 0 Å². The summed E-state index contributed by atoms with van der Waals surface area (Å²) < 4.78 is 6.13. The van der Waals surface area contributed by atoms with Gasteiger partial charge in [0.1, 0.15) is 11.6 Å². The fourth-order valence-corrected chi connectivity index (χ4v) is 2.23. The highest BCUT2D eigenvalue weighted by molar-refractivity contribution is 9.10. The van der Waals surface area contributed by atoms with Crippen molar-refractivity contribution in [3.8, 4) is 5.75 Å². The summed E-state index contributed by atoms with van der Waals surface area (Å²) >= 11 is 3.41. The van der Waals surface area contributed by atoms with E-state index < -0.39 is 0 Å². The van der Waals surface area contributed by atoms with Gasteiger partial charge in [0.05, 0.1) is 23.2 Å². The molecule has 2 aromatic heterocycles. The van der Waals surface area contributed by atoms with Gasteiger partial charge in [0.15, 0.2) is 5.65 Å². The standard InChI is InChI=1S/C12H11BrN6O/c1-20-9-4-6(2-3-8(9)13)16-10-7-5-15-19-11(7)18-12(14)17-10/h2-5H,1H3,(H4,14,15,16,17,18,19). The quantitative estimate of drug-likeness (QED) is 0.680. The zero-order valence-corrected chi connectivity index (χ0v) is 12.1. The number of aromatic nitrogens is 4. The molecule has 0 fully saturated rings. The molecule has 0 unspecified atom stereocenters. The van der Waals surface area contributed by atoms with Gasteiger partial charge in [-0.15, -0.1) is 0 Å². The third-order valence-corrected chi connectivity index (χ3v) is 3.40. The molecule has 7 nitrogen and oxygen atoms in total. The number of nitrogens with two attached hydrogens (primary N) is 1. The van der Waals surface area contributed by atoms with Crippen molar-refractivity contribution in [2.75, 3.05) is 18.2 Å². The highest BCUT2D eigenvalue weighted by Gasteiger charge is 2.09. The van der Waals surface area contributed by atoms with Crippen LogP contribution in [0.1, 0.15) is 0 Å². The number of ether oxygens (including phenoxy) is 1. The number of H-pyrrole nitrogens is 1. The summed E-state index contributed by atoms with van der Waals surface area (Å²) in [6, 6.07) is 5.64. The average Bonchev–Trinajstić information content (AvgIpc) is 2.89. The third-order valence-electron chi connectivity index (χ3n) is 2.74. The Morgan fingerprint density at radius 2 is 2.20 bits per heavy atom. The van der Waals surface area contributed by atoms with Crippen molar-refractivity contribution in [3.05, 3.63) is 28.9 Å². The first-order valence-electron chi connectivity index (χ1n) is 5.74. The van der Waals surface area contributed by atoms with Crippen LogP contribution in [-0.2, 0) is 0 Å². The van der Waals surface area contributed by atoms with Crippen molar-refractivity contribution < 1.29 is 4.74 Å². The Labute approximate surface area is 122 Å². The first-order chi connectivity index (χ1) is 9.67. The van der Waals surface area contributed by atoms with Crippen LogP contribution in [0.25, 0.3) is 11.0 Å². The Kier molecular flexibility index (Phi) is 3.15. The third kappa shape index (κ3) is 2.25. The maximum atomic E-state index is 5.68. The summed E-state index contributed by atoms with van der Waals surface area (Å²) in [5.74, 6) is 1.49. The molecule has 0 amide bonds. The summed E-state index contributed by atoms with van der Waals surface area (Å²) in [5.41, 5.74) is 7.09. The van der Waals surface area contributed by atoms with Crippen molar-refractivity contribution in [1.29, 1.82) is 0 Å². The van der Waals surface area contributed by atoms with E-state index in [0.29, 0.717) is 11.5 Å². The van der Waals surface area contributed by atoms with Crippen molar-refractivity contribution in [2.24, 2.45) is 0 Å². The molecule has 1 aromatic carbocycles. The number of anilines is 3. The molecule has 0 saturated heterocycles. The number of nitrogens with one attached hydrogen (secondary N) is 2. The Morgan fingerprint density at radius 1 is 1.35 bits per heavy atom. The summed E-state index contributed by atoms with van der Waals surface area (Å²) in [6.07, 6.45) is 1.65. The molecule has 0 atom stereocenters. The molecule has 3 rings (SSSR count). The Morgan fingerprint density at radius 3 is 3.00 bits per heavy atom. The Bertz CT molecular complexity index is 772. The van der Waals surface area contributed by atoms with Gasteiger partial charge in [-0.3, -0.25) is 5.10 Å². The van der Waals surface area contributed by atoms with Crippen molar-refractivity contribution in [2.45, 2.75) is 0 Å². The van der Waals surface area contributed by atoms with Crippen LogP contribution in [-0.4, -0.2) is 27.3 Å². The first kappa shape index (κ1) is 12.7. The number of fused-ring (bicyclic) bond motifs is 1. The van der Waals surface area contributed by atoms with Crippen LogP contribution in [0.4, 0.5) is 17.5 Å². The number of halogens is 1. The van der Waals surface area contributed by atoms with Crippen molar-refractivity contribution >= 4 is 44.4 Å². The fraction of sp³-hybridized carbons (Fsp3) is 0.0833. The first-order valence-corrected chi connectivity index (χ1v) is 6.54. The number of hydrogen-bond donors (Lipinski definition) is 3. The minimum Gasteiger partial charge on any atom is -0.495 e. The molecular weight excluding hydrogens is 324 g/mol. The lowest BCUT2D eigenvalue weighted by Crippen LogP contribution is -2.01. The number of nitrogen functional groups attached to an aromatic ring is 1. The lowest BCUT2D eigenvalue weighted by Gasteiger charge is -2.09. The van der Waals surface area contributed by atoms with Crippen LogP contribution < -0.4 is 15.8 Å². The molecule has 3 aromatic rings. The smallest absolute Gasteiger partial charge is 0.224 e. The van der Waals surface area contributed by atoms with Gasteiger partial charge in [0.2, 0.25) is 5.95 Å². The molecule has 102 valence electrons. The van der Waals surface area contributed by atoms with Crippen molar-refractivity contribution in [1.82, 2.24) is 20.2 Å². The zero-order valence-electron chi connectivity index (χ0n) is 10.5. The molecule has 4 N–H and O–H groups in total. The summed E-state index contributed by atoms with van der Waals surface area (Å²) in [4.78, 5) is 8.25.